The van der Waals surface area contributed by atoms with Gasteiger partial charge < -0.3 is 9.84 Å². The van der Waals surface area contributed by atoms with Gasteiger partial charge in [-0.05, 0) is 43.3 Å². The molecule has 1 unspecified atom stereocenters. The molecule has 6 nitrogen and oxygen atoms in total. The normalized spacial score (nSPS) is 17.3. The summed E-state index contributed by atoms with van der Waals surface area (Å²) >= 11 is 7.24. The monoisotopic (exact) mass is 508 g/mol. The summed E-state index contributed by atoms with van der Waals surface area (Å²) < 4.78 is 21.2. The largest absolute Gasteiger partial charge is 0.507 e. The van der Waals surface area contributed by atoms with Crippen molar-refractivity contribution in [1.29, 1.82) is 0 Å². The van der Waals surface area contributed by atoms with Crippen molar-refractivity contribution < 1.29 is 23.8 Å². The van der Waals surface area contributed by atoms with E-state index in [0.29, 0.717) is 27.6 Å². The van der Waals surface area contributed by atoms with Crippen LogP contribution in [0.5, 0.6) is 5.75 Å². The number of ketones is 1. The first-order chi connectivity index (χ1) is 16.9. The minimum absolute atomic E-state index is 0.0616. The van der Waals surface area contributed by atoms with Gasteiger partial charge in [-0.1, -0.05) is 53.3 Å². The number of ether oxygens (including phenoxy) is 1. The van der Waals surface area contributed by atoms with E-state index in [-0.39, 0.29) is 21.8 Å². The van der Waals surface area contributed by atoms with Gasteiger partial charge in [0.05, 0.1) is 22.4 Å². The second-order valence-corrected chi connectivity index (χ2v) is 9.21. The van der Waals surface area contributed by atoms with Gasteiger partial charge >= 0.3 is 5.91 Å². The van der Waals surface area contributed by atoms with Crippen LogP contribution in [0.15, 0.2) is 72.3 Å². The predicted octanol–water partition coefficient (Wildman–Crippen LogP) is 6.11. The molecule has 0 bridgehead atoms. The molecule has 1 aliphatic heterocycles. The second-order valence-electron chi connectivity index (χ2n) is 7.76. The van der Waals surface area contributed by atoms with E-state index < -0.39 is 29.3 Å². The fraction of sp³-hybridized carbons (Fsp3) is 0.115. The van der Waals surface area contributed by atoms with E-state index in [1.807, 2.05) is 6.92 Å². The zero-order valence-corrected chi connectivity index (χ0v) is 19.9. The van der Waals surface area contributed by atoms with E-state index >= 15 is 4.39 Å². The van der Waals surface area contributed by atoms with Crippen LogP contribution in [-0.4, -0.2) is 28.4 Å². The molecule has 1 amide bonds. The maximum atomic E-state index is 15.0. The topological polar surface area (TPSA) is 79.7 Å². The minimum Gasteiger partial charge on any atom is -0.507 e. The molecule has 0 spiro atoms. The molecule has 4 aromatic rings. The third kappa shape index (κ3) is 4.05. The number of Topliss-reactive ketones (excluding diaryl/α,β-unsaturated/α-hetero) is 1. The van der Waals surface area contributed by atoms with Crippen molar-refractivity contribution in [1.82, 2.24) is 4.98 Å². The zero-order chi connectivity index (χ0) is 24.7. The number of carbonyl (C=O) groups excluding carboxylic acids is 2. The van der Waals surface area contributed by atoms with Crippen LogP contribution in [0.3, 0.4) is 0 Å². The molecule has 1 saturated heterocycles. The van der Waals surface area contributed by atoms with Gasteiger partial charge in [-0.25, -0.2) is 9.37 Å². The second kappa shape index (κ2) is 9.13. The van der Waals surface area contributed by atoms with Crippen molar-refractivity contribution in [2.45, 2.75) is 13.0 Å². The van der Waals surface area contributed by atoms with Crippen LogP contribution in [0, 0.1) is 5.82 Å². The molecule has 1 aromatic heterocycles. The molecule has 2 heterocycles. The number of nitrogens with zero attached hydrogens (tertiary/aromatic N) is 2. The lowest BCUT2D eigenvalue weighted by atomic mass is 9.95. The Morgan fingerprint density at radius 2 is 1.94 bits per heavy atom. The van der Waals surface area contributed by atoms with E-state index in [1.165, 1.54) is 18.2 Å². The maximum absolute atomic E-state index is 15.0. The Kier molecular flexibility index (Phi) is 6.00. The van der Waals surface area contributed by atoms with Gasteiger partial charge in [0.2, 0.25) is 0 Å². The molecule has 35 heavy (non-hydrogen) atoms. The number of aliphatic hydroxyl groups excluding tert-OH is 1. The minimum atomic E-state index is -1.22. The Morgan fingerprint density at radius 3 is 2.71 bits per heavy atom. The molecule has 9 heteroatoms. The molecule has 0 saturated carbocycles. The molecule has 1 aliphatic rings. The highest BCUT2D eigenvalue weighted by atomic mass is 35.5. The summed E-state index contributed by atoms with van der Waals surface area (Å²) in [6, 6.07) is 16.2. The highest BCUT2D eigenvalue weighted by Gasteiger charge is 2.49. The van der Waals surface area contributed by atoms with Crippen LogP contribution in [0.25, 0.3) is 16.0 Å². The lowest BCUT2D eigenvalue weighted by Crippen LogP contribution is -2.29. The lowest BCUT2D eigenvalue weighted by Gasteiger charge is -2.23. The predicted molar refractivity (Wildman–Crippen MR) is 133 cm³/mol. The van der Waals surface area contributed by atoms with Crippen molar-refractivity contribution in [3.63, 3.8) is 0 Å². The number of carbonyl (C=O) groups is 2. The molecule has 176 valence electrons. The van der Waals surface area contributed by atoms with Crippen LogP contribution in [-0.2, 0) is 9.59 Å². The number of fused-ring (bicyclic) bond motifs is 1. The molecule has 0 aliphatic carbocycles. The van der Waals surface area contributed by atoms with Gasteiger partial charge in [0.15, 0.2) is 5.13 Å². The van der Waals surface area contributed by atoms with Gasteiger partial charge in [0.1, 0.15) is 23.4 Å². The quantitative estimate of drug-likeness (QED) is 0.200. The first kappa shape index (κ1) is 23.0. The fourth-order valence-corrected chi connectivity index (χ4v) is 5.33. The lowest BCUT2D eigenvalue weighted by molar-refractivity contribution is -0.132. The SMILES string of the molecule is CCOc1cccc(C(O)=C2C(=O)C(=O)N(c3nc4ccc(Cl)cc4s3)C2c2ccccc2F)c1. The summed E-state index contributed by atoms with van der Waals surface area (Å²) in [6.07, 6.45) is 0. The summed E-state index contributed by atoms with van der Waals surface area (Å²) in [5.74, 6) is -2.41. The molecule has 3 aromatic carbocycles. The fourth-order valence-electron chi connectivity index (χ4n) is 4.07. The van der Waals surface area contributed by atoms with Gasteiger partial charge in [0, 0.05) is 16.1 Å². The first-order valence-corrected chi connectivity index (χ1v) is 11.9. The third-order valence-corrected chi connectivity index (χ3v) is 6.86. The highest BCUT2D eigenvalue weighted by Crippen LogP contribution is 2.45. The Balaban J connectivity index is 1.73. The smallest absolute Gasteiger partial charge is 0.301 e. The molecule has 1 N–H and O–H groups in total. The van der Waals surface area contributed by atoms with Gasteiger partial charge in [-0.3, -0.25) is 14.5 Å². The van der Waals surface area contributed by atoms with Crippen molar-refractivity contribution in [2.75, 3.05) is 11.5 Å². The number of hydrogen-bond donors (Lipinski definition) is 1. The molecule has 1 fully saturated rings. The number of aliphatic hydroxyl groups is 1. The van der Waals surface area contributed by atoms with Crippen LogP contribution in [0.4, 0.5) is 9.52 Å². The van der Waals surface area contributed by atoms with E-state index in [4.69, 9.17) is 16.3 Å². The number of rotatable bonds is 5. The van der Waals surface area contributed by atoms with E-state index in [9.17, 15) is 14.7 Å². The van der Waals surface area contributed by atoms with E-state index in [0.717, 1.165) is 16.2 Å². The molecule has 0 radical (unpaired) electrons. The van der Waals surface area contributed by atoms with Crippen molar-refractivity contribution in [2.24, 2.45) is 0 Å². The molecule has 1 atom stereocenters. The number of hydrogen-bond acceptors (Lipinski definition) is 6. The third-order valence-electron chi connectivity index (χ3n) is 5.61. The molecular formula is C26H18ClFN2O4S. The molecular weight excluding hydrogens is 491 g/mol. The summed E-state index contributed by atoms with van der Waals surface area (Å²) in [5.41, 5.74) is 0.678. The van der Waals surface area contributed by atoms with Crippen LogP contribution in [0.2, 0.25) is 5.02 Å². The number of anilines is 1. The van der Waals surface area contributed by atoms with Gasteiger partial charge in [0.25, 0.3) is 5.78 Å². The van der Waals surface area contributed by atoms with Crippen molar-refractivity contribution >= 4 is 55.7 Å². The first-order valence-electron chi connectivity index (χ1n) is 10.7. The Morgan fingerprint density at radius 1 is 1.14 bits per heavy atom. The zero-order valence-electron chi connectivity index (χ0n) is 18.4. The average Bonchev–Trinajstić information content (AvgIpc) is 3.37. The standard InChI is InChI=1S/C26H18ClFN2O4S/c1-2-34-16-7-5-6-14(12-16)23(31)21-22(17-8-3-4-9-18(17)28)30(25(33)24(21)32)26-29-19-11-10-15(27)13-20(19)35-26/h3-13,22,31H,2H2,1H3. The Bertz CT molecular complexity index is 1520. The average molecular weight is 509 g/mol. The van der Waals surface area contributed by atoms with Crippen molar-refractivity contribution in [3.8, 4) is 5.75 Å². The van der Waals surface area contributed by atoms with Crippen molar-refractivity contribution in [3.05, 3.63) is 94.3 Å². The summed E-state index contributed by atoms with van der Waals surface area (Å²) in [6.45, 7) is 2.23. The summed E-state index contributed by atoms with van der Waals surface area (Å²) in [4.78, 5) is 32.2. The van der Waals surface area contributed by atoms with Crippen LogP contribution in [0.1, 0.15) is 24.1 Å². The highest BCUT2D eigenvalue weighted by molar-refractivity contribution is 7.22. The number of aromatic nitrogens is 1. The number of thiazole rings is 1. The van der Waals surface area contributed by atoms with Crippen LogP contribution >= 0.6 is 22.9 Å². The summed E-state index contributed by atoms with van der Waals surface area (Å²) in [5, 5.41) is 11.9. The van der Waals surface area contributed by atoms with Crippen LogP contribution < -0.4 is 9.64 Å². The number of amides is 1. The van der Waals surface area contributed by atoms with E-state index in [2.05, 4.69) is 4.98 Å². The van der Waals surface area contributed by atoms with Gasteiger partial charge in [-0.2, -0.15) is 0 Å². The number of benzene rings is 3. The number of halogens is 2. The molecule has 5 rings (SSSR count). The van der Waals surface area contributed by atoms with Gasteiger partial charge in [-0.15, -0.1) is 0 Å². The summed E-state index contributed by atoms with van der Waals surface area (Å²) in [7, 11) is 0. The Labute approximate surface area is 208 Å². The van der Waals surface area contributed by atoms with E-state index in [1.54, 1.807) is 48.5 Å². The Hall–Kier alpha value is -3.75. The maximum Gasteiger partial charge on any atom is 0.301 e.